The number of fused-ring (bicyclic) bond motifs is 1. The number of allylic oxidation sites excluding steroid dienone is 2. The minimum Gasteiger partial charge on any atom is -0.152 e. The third-order valence-electron chi connectivity index (χ3n) is 2.89. The molecule has 4 rings (SSSR count). The molecule has 0 fully saturated rings. The van der Waals surface area contributed by atoms with Gasteiger partial charge in [-0.2, -0.15) is 11.3 Å². The molecule has 0 nitrogen and oxygen atoms in total. The maximum absolute atomic E-state index is 2.39. The summed E-state index contributed by atoms with van der Waals surface area (Å²) in [5, 5.41) is 4.66. The summed E-state index contributed by atoms with van der Waals surface area (Å²) in [6.45, 7) is 0. The van der Waals surface area contributed by atoms with E-state index in [1.165, 1.54) is 12.8 Å². The molecule has 0 radical (unpaired) electrons. The number of rotatable bonds is 0. The van der Waals surface area contributed by atoms with E-state index in [2.05, 4.69) is 22.9 Å². The Morgan fingerprint density at radius 3 is 2.00 bits per heavy atom. The van der Waals surface area contributed by atoms with Gasteiger partial charge >= 0.3 is 0 Å². The van der Waals surface area contributed by atoms with E-state index >= 15 is 0 Å². The molecule has 3 aliphatic rings. The highest BCUT2D eigenvalue weighted by Gasteiger charge is 2.28. The first-order chi connectivity index (χ1) is 5.45. The fraction of sp³-hybridized carbons (Fsp3) is 0.400. The molecule has 3 aliphatic carbocycles. The standard InChI is InChI=1S/C10H10S/c1-2-8-4-3-7(1)9-5-11-6-10(8)9/h1-2,5-8H,3-4H2. The van der Waals surface area contributed by atoms with Crippen LogP contribution in [0.15, 0.2) is 22.9 Å². The van der Waals surface area contributed by atoms with Crippen molar-refractivity contribution in [3.63, 3.8) is 0 Å². The first-order valence-corrected chi connectivity index (χ1v) is 5.14. The summed E-state index contributed by atoms with van der Waals surface area (Å²) in [5.41, 5.74) is 3.24. The van der Waals surface area contributed by atoms with E-state index in [0.29, 0.717) is 0 Å². The highest BCUT2D eigenvalue weighted by Crippen LogP contribution is 2.46. The van der Waals surface area contributed by atoms with Crippen LogP contribution in [0.2, 0.25) is 0 Å². The number of hydrogen-bond donors (Lipinski definition) is 0. The summed E-state index contributed by atoms with van der Waals surface area (Å²) < 4.78 is 0. The van der Waals surface area contributed by atoms with Gasteiger partial charge in [0.15, 0.2) is 0 Å². The molecule has 2 atom stereocenters. The quantitative estimate of drug-likeness (QED) is 0.513. The Hall–Kier alpha value is -0.560. The molecule has 0 spiro atoms. The van der Waals surface area contributed by atoms with Crippen molar-refractivity contribution in [3.05, 3.63) is 34.0 Å². The highest BCUT2D eigenvalue weighted by molar-refractivity contribution is 7.08. The molecule has 0 aromatic carbocycles. The number of hydrogen-bond acceptors (Lipinski definition) is 1. The van der Waals surface area contributed by atoms with Gasteiger partial charge in [-0.25, -0.2) is 0 Å². The van der Waals surface area contributed by atoms with Crippen molar-refractivity contribution in [2.24, 2.45) is 0 Å². The monoisotopic (exact) mass is 162 g/mol. The first kappa shape index (κ1) is 6.01. The topological polar surface area (TPSA) is 0 Å². The summed E-state index contributed by atoms with van der Waals surface area (Å²) in [5.74, 6) is 1.53. The second kappa shape index (κ2) is 1.98. The van der Waals surface area contributed by atoms with Gasteiger partial charge in [0, 0.05) is 11.8 Å². The minimum atomic E-state index is 0.765. The lowest BCUT2D eigenvalue weighted by atomic mass is 9.74. The summed E-state index contributed by atoms with van der Waals surface area (Å²) >= 11 is 1.86. The maximum Gasteiger partial charge on any atom is 0.00297 e. The Bertz CT molecular complexity index is 280. The molecule has 2 bridgehead atoms. The minimum absolute atomic E-state index is 0.765. The Labute approximate surface area is 70.6 Å². The molecule has 11 heavy (non-hydrogen) atoms. The van der Waals surface area contributed by atoms with E-state index in [0.717, 1.165) is 11.8 Å². The van der Waals surface area contributed by atoms with Crippen LogP contribution in [0.25, 0.3) is 0 Å². The van der Waals surface area contributed by atoms with Crippen LogP contribution in [-0.2, 0) is 0 Å². The second-order valence-corrected chi connectivity index (χ2v) is 4.20. The highest BCUT2D eigenvalue weighted by atomic mass is 32.1. The predicted octanol–water partition coefficient (Wildman–Crippen LogP) is 3.28. The lowest BCUT2D eigenvalue weighted by molar-refractivity contribution is 0.557. The van der Waals surface area contributed by atoms with Gasteiger partial charge in [0.2, 0.25) is 0 Å². The van der Waals surface area contributed by atoms with Crippen molar-refractivity contribution >= 4 is 11.3 Å². The maximum atomic E-state index is 2.39. The van der Waals surface area contributed by atoms with Crippen LogP contribution >= 0.6 is 11.3 Å². The van der Waals surface area contributed by atoms with Crippen molar-refractivity contribution in [1.29, 1.82) is 0 Å². The van der Waals surface area contributed by atoms with Gasteiger partial charge in [-0.15, -0.1) is 0 Å². The lowest BCUT2D eigenvalue weighted by Gasteiger charge is -2.30. The van der Waals surface area contributed by atoms with Crippen LogP contribution in [0.5, 0.6) is 0 Å². The van der Waals surface area contributed by atoms with E-state index in [1.54, 1.807) is 11.1 Å². The van der Waals surface area contributed by atoms with Crippen molar-refractivity contribution in [1.82, 2.24) is 0 Å². The third-order valence-corrected chi connectivity index (χ3v) is 3.67. The molecule has 0 N–H and O–H groups in total. The normalized spacial score (nSPS) is 32.4. The molecule has 1 heteroatoms. The lowest BCUT2D eigenvalue weighted by Crippen LogP contribution is -2.14. The van der Waals surface area contributed by atoms with Crippen LogP contribution in [0.4, 0.5) is 0 Å². The van der Waals surface area contributed by atoms with Crippen molar-refractivity contribution < 1.29 is 0 Å². The Kier molecular flexibility index (Phi) is 1.08. The van der Waals surface area contributed by atoms with Crippen molar-refractivity contribution in [2.45, 2.75) is 24.7 Å². The molecular weight excluding hydrogens is 152 g/mol. The molecule has 0 amide bonds. The van der Waals surface area contributed by atoms with Gasteiger partial charge in [0.1, 0.15) is 0 Å². The molecule has 56 valence electrons. The molecule has 1 heterocycles. The fourth-order valence-electron chi connectivity index (χ4n) is 2.26. The largest absolute Gasteiger partial charge is 0.152 e. The van der Waals surface area contributed by atoms with Gasteiger partial charge in [-0.3, -0.25) is 0 Å². The van der Waals surface area contributed by atoms with Crippen LogP contribution < -0.4 is 0 Å². The molecule has 0 aliphatic heterocycles. The Balaban J connectivity index is 2.25. The smallest absolute Gasteiger partial charge is 0.00297 e. The van der Waals surface area contributed by atoms with E-state index in [4.69, 9.17) is 0 Å². The Morgan fingerprint density at radius 1 is 1.00 bits per heavy atom. The fourth-order valence-corrected chi connectivity index (χ4v) is 3.24. The molecule has 1 aromatic heterocycles. The van der Waals surface area contributed by atoms with E-state index < -0.39 is 0 Å². The van der Waals surface area contributed by atoms with Crippen LogP contribution in [0, 0.1) is 0 Å². The molecule has 1 aromatic rings. The van der Waals surface area contributed by atoms with Crippen LogP contribution in [0.1, 0.15) is 35.8 Å². The summed E-state index contributed by atoms with van der Waals surface area (Å²) in [6, 6.07) is 0. The van der Waals surface area contributed by atoms with E-state index in [9.17, 15) is 0 Å². The van der Waals surface area contributed by atoms with Gasteiger partial charge in [0.05, 0.1) is 0 Å². The van der Waals surface area contributed by atoms with Crippen LogP contribution in [-0.4, -0.2) is 0 Å². The van der Waals surface area contributed by atoms with E-state index in [-0.39, 0.29) is 0 Å². The molecule has 0 saturated carbocycles. The average Bonchev–Trinajstić information content (AvgIpc) is 2.55. The molecular formula is C10H10S. The van der Waals surface area contributed by atoms with Gasteiger partial charge in [-0.05, 0) is 34.7 Å². The third kappa shape index (κ3) is 0.694. The Morgan fingerprint density at radius 2 is 1.55 bits per heavy atom. The summed E-state index contributed by atoms with van der Waals surface area (Å²) in [6.07, 6.45) is 7.54. The van der Waals surface area contributed by atoms with Crippen molar-refractivity contribution in [2.75, 3.05) is 0 Å². The predicted molar refractivity (Wildman–Crippen MR) is 48.2 cm³/mol. The zero-order valence-corrected chi connectivity index (χ0v) is 7.10. The zero-order chi connectivity index (χ0) is 7.26. The molecule has 0 saturated heterocycles. The SMILES string of the molecule is C1=CC2CCC1c1cscc12. The van der Waals surface area contributed by atoms with Gasteiger partial charge < -0.3 is 0 Å². The van der Waals surface area contributed by atoms with Gasteiger partial charge in [-0.1, -0.05) is 12.2 Å². The average molecular weight is 162 g/mol. The van der Waals surface area contributed by atoms with Gasteiger partial charge in [0.25, 0.3) is 0 Å². The summed E-state index contributed by atoms with van der Waals surface area (Å²) in [7, 11) is 0. The zero-order valence-electron chi connectivity index (χ0n) is 6.29. The first-order valence-electron chi connectivity index (χ1n) is 4.19. The second-order valence-electron chi connectivity index (χ2n) is 3.46. The van der Waals surface area contributed by atoms with Crippen molar-refractivity contribution in [3.8, 4) is 0 Å². The van der Waals surface area contributed by atoms with E-state index in [1.807, 2.05) is 11.3 Å². The number of thiophene rings is 1. The molecule has 2 unspecified atom stereocenters. The van der Waals surface area contributed by atoms with Crippen LogP contribution in [0.3, 0.4) is 0 Å². The summed E-state index contributed by atoms with van der Waals surface area (Å²) in [4.78, 5) is 0.